The second-order valence-corrected chi connectivity index (χ2v) is 5.52. The average Bonchev–Trinajstić information content (AvgIpc) is 3.18. The Hall–Kier alpha value is -2.10. The van der Waals surface area contributed by atoms with E-state index in [4.69, 9.17) is 0 Å². The summed E-state index contributed by atoms with van der Waals surface area (Å²) in [7, 11) is 1.93. The van der Waals surface area contributed by atoms with E-state index in [-0.39, 0.29) is 24.0 Å². The minimum absolute atomic E-state index is 0. The second kappa shape index (κ2) is 9.40. The highest BCUT2D eigenvalue weighted by molar-refractivity contribution is 14.0. The van der Waals surface area contributed by atoms with Gasteiger partial charge in [0.1, 0.15) is 5.65 Å². The zero-order valence-electron chi connectivity index (χ0n) is 14.5. The number of fused-ring (bicyclic) bond motifs is 1. The van der Waals surface area contributed by atoms with Crippen LogP contribution in [0.5, 0.6) is 0 Å². The number of nitrogens with one attached hydrogen (secondary N) is 2. The van der Waals surface area contributed by atoms with Crippen LogP contribution >= 0.6 is 24.0 Å². The van der Waals surface area contributed by atoms with Gasteiger partial charge >= 0.3 is 0 Å². The molecule has 3 rings (SSSR count). The largest absolute Gasteiger partial charge is 0.357 e. The van der Waals surface area contributed by atoms with Crippen molar-refractivity contribution in [1.29, 1.82) is 0 Å². The topological polar surface area (TPSA) is 71.5 Å². The highest BCUT2D eigenvalue weighted by Crippen LogP contribution is 2.04. The van der Waals surface area contributed by atoms with E-state index < -0.39 is 0 Å². The summed E-state index contributed by atoms with van der Waals surface area (Å²) in [5.74, 6) is 0.808. The number of imidazole rings is 1. The van der Waals surface area contributed by atoms with Crippen molar-refractivity contribution in [3.8, 4) is 0 Å². The smallest absolute Gasteiger partial charge is 0.191 e. The molecule has 0 spiro atoms. The van der Waals surface area contributed by atoms with Gasteiger partial charge in [0.15, 0.2) is 5.96 Å². The van der Waals surface area contributed by atoms with Crippen LogP contribution in [0.15, 0.2) is 47.8 Å². The number of aryl methyl sites for hydroxylation is 1. The van der Waals surface area contributed by atoms with Gasteiger partial charge in [0.2, 0.25) is 0 Å². The summed E-state index contributed by atoms with van der Waals surface area (Å²) in [4.78, 5) is 9.20. The maximum Gasteiger partial charge on any atom is 0.191 e. The van der Waals surface area contributed by atoms with Crippen molar-refractivity contribution in [2.24, 2.45) is 12.0 Å². The lowest BCUT2D eigenvalue weighted by atomic mass is 10.3. The summed E-state index contributed by atoms with van der Waals surface area (Å²) in [5, 5.41) is 10.8. The molecule has 2 N–H and O–H groups in total. The number of aliphatic imine (C=N–C) groups is 1. The summed E-state index contributed by atoms with van der Waals surface area (Å²) >= 11 is 0. The molecule has 0 radical (unpaired) electrons. The molecule has 0 aliphatic rings. The van der Waals surface area contributed by atoms with Gasteiger partial charge in [-0.2, -0.15) is 5.10 Å². The van der Waals surface area contributed by atoms with Crippen molar-refractivity contribution in [3.63, 3.8) is 0 Å². The summed E-state index contributed by atoms with van der Waals surface area (Å²) in [6, 6.07) is 7.99. The van der Waals surface area contributed by atoms with Crippen molar-refractivity contribution in [2.75, 3.05) is 13.1 Å². The van der Waals surface area contributed by atoms with E-state index in [1.165, 1.54) is 0 Å². The predicted octanol–water partition coefficient (Wildman–Crippen LogP) is 1.98. The molecule has 3 aromatic rings. The van der Waals surface area contributed by atoms with Crippen LogP contribution in [0.3, 0.4) is 0 Å². The van der Waals surface area contributed by atoms with E-state index in [0.717, 1.165) is 42.5 Å². The van der Waals surface area contributed by atoms with Crippen LogP contribution in [0, 0.1) is 0 Å². The number of aromatic nitrogens is 4. The molecule has 0 fully saturated rings. The van der Waals surface area contributed by atoms with Crippen LogP contribution in [0.2, 0.25) is 0 Å². The molecule has 0 unspecified atom stereocenters. The van der Waals surface area contributed by atoms with Gasteiger partial charge < -0.3 is 15.0 Å². The first kappa shape index (κ1) is 19.2. The minimum atomic E-state index is 0. The van der Waals surface area contributed by atoms with Crippen LogP contribution in [0.1, 0.15) is 18.3 Å². The Balaban J connectivity index is 0.00000225. The number of hydrogen-bond donors (Lipinski definition) is 2. The van der Waals surface area contributed by atoms with Gasteiger partial charge in [-0.05, 0) is 25.1 Å². The molecule has 3 aromatic heterocycles. The molecule has 0 saturated carbocycles. The molecule has 0 amide bonds. The molecule has 0 bridgehead atoms. The van der Waals surface area contributed by atoms with Gasteiger partial charge in [0, 0.05) is 45.1 Å². The number of guanidine groups is 1. The van der Waals surface area contributed by atoms with Gasteiger partial charge in [-0.15, -0.1) is 24.0 Å². The van der Waals surface area contributed by atoms with Gasteiger partial charge in [-0.3, -0.25) is 4.68 Å². The van der Waals surface area contributed by atoms with Gasteiger partial charge in [-0.25, -0.2) is 9.98 Å². The molecule has 0 saturated heterocycles. The van der Waals surface area contributed by atoms with Crippen LogP contribution in [0.4, 0.5) is 0 Å². The first-order valence-electron chi connectivity index (χ1n) is 8.18. The maximum atomic E-state index is 4.60. The minimum Gasteiger partial charge on any atom is -0.357 e. The van der Waals surface area contributed by atoms with E-state index >= 15 is 0 Å². The molecule has 25 heavy (non-hydrogen) atoms. The molecule has 0 aliphatic heterocycles. The van der Waals surface area contributed by atoms with E-state index in [9.17, 15) is 0 Å². The third-order valence-corrected chi connectivity index (χ3v) is 3.75. The molecule has 134 valence electrons. The molecule has 0 aliphatic carbocycles. The highest BCUT2D eigenvalue weighted by Gasteiger charge is 2.03. The highest BCUT2D eigenvalue weighted by atomic mass is 127. The quantitative estimate of drug-likeness (QED) is 0.340. The predicted molar refractivity (Wildman–Crippen MR) is 110 cm³/mol. The van der Waals surface area contributed by atoms with Gasteiger partial charge in [0.25, 0.3) is 0 Å². The lowest BCUT2D eigenvalue weighted by Gasteiger charge is -2.10. The van der Waals surface area contributed by atoms with Crippen molar-refractivity contribution < 1.29 is 0 Å². The molecule has 8 heteroatoms. The van der Waals surface area contributed by atoms with Crippen molar-refractivity contribution >= 4 is 35.6 Å². The van der Waals surface area contributed by atoms with E-state index in [1.54, 1.807) is 6.20 Å². The Kier molecular flexibility index (Phi) is 7.23. The average molecular weight is 453 g/mol. The van der Waals surface area contributed by atoms with Gasteiger partial charge in [-0.1, -0.05) is 6.07 Å². The maximum absolute atomic E-state index is 4.60. The number of hydrogen-bond acceptors (Lipinski definition) is 3. The summed E-state index contributed by atoms with van der Waals surface area (Å²) < 4.78 is 3.88. The van der Waals surface area contributed by atoms with Gasteiger partial charge in [0.05, 0.1) is 17.9 Å². The number of halogens is 1. The zero-order valence-corrected chi connectivity index (χ0v) is 16.8. The van der Waals surface area contributed by atoms with Crippen LogP contribution in [-0.4, -0.2) is 38.2 Å². The fraction of sp³-hybridized carbons (Fsp3) is 0.353. The third-order valence-electron chi connectivity index (χ3n) is 3.75. The first-order valence-corrected chi connectivity index (χ1v) is 8.18. The molecule has 0 aromatic carbocycles. The molecule has 7 nitrogen and oxygen atoms in total. The molecule has 0 atom stereocenters. The monoisotopic (exact) mass is 453 g/mol. The Bertz CT molecular complexity index is 788. The Labute approximate surface area is 164 Å². The van der Waals surface area contributed by atoms with E-state index in [1.807, 2.05) is 46.6 Å². The molecular weight excluding hydrogens is 429 g/mol. The third kappa shape index (κ3) is 5.18. The van der Waals surface area contributed by atoms with Crippen LogP contribution in [0.25, 0.3) is 5.65 Å². The Morgan fingerprint density at radius 1 is 1.24 bits per heavy atom. The van der Waals surface area contributed by atoms with Crippen molar-refractivity contribution in [3.05, 3.63) is 54.2 Å². The number of pyridine rings is 1. The van der Waals surface area contributed by atoms with Crippen LogP contribution in [-0.2, 0) is 20.0 Å². The second-order valence-electron chi connectivity index (χ2n) is 5.52. The fourth-order valence-corrected chi connectivity index (χ4v) is 2.47. The van der Waals surface area contributed by atoms with Crippen molar-refractivity contribution in [1.82, 2.24) is 29.8 Å². The number of rotatable bonds is 6. The van der Waals surface area contributed by atoms with E-state index in [2.05, 4.69) is 38.8 Å². The van der Waals surface area contributed by atoms with Crippen LogP contribution < -0.4 is 10.6 Å². The lowest BCUT2D eigenvalue weighted by molar-refractivity contribution is 0.706. The van der Waals surface area contributed by atoms with Crippen molar-refractivity contribution in [2.45, 2.75) is 19.9 Å². The SMILES string of the molecule is CCNC(=NCc1ccnn1C)NCCc1cn2ccccc2n1.I. The Morgan fingerprint density at radius 2 is 2.12 bits per heavy atom. The fourth-order valence-electron chi connectivity index (χ4n) is 2.47. The first-order chi connectivity index (χ1) is 11.8. The Morgan fingerprint density at radius 3 is 2.84 bits per heavy atom. The van der Waals surface area contributed by atoms with E-state index in [0.29, 0.717) is 6.54 Å². The molecular formula is C17H24IN7. The summed E-state index contributed by atoms with van der Waals surface area (Å²) in [6.45, 7) is 4.26. The zero-order chi connectivity index (χ0) is 16.8. The normalized spacial score (nSPS) is 11.4. The summed E-state index contributed by atoms with van der Waals surface area (Å²) in [5.41, 5.74) is 3.12. The summed E-state index contributed by atoms with van der Waals surface area (Å²) in [6.07, 6.45) is 6.71. The number of nitrogens with zero attached hydrogens (tertiary/aromatic N) is 5. The molecule has 3 heterocycles. The standard InChI is InChI=1S/C17H23N7.HI/c1-3-18-17(20-12-15-8-10-21-23(15)2)19-9-7-14-13-24-11-5-4-6-16(24)22-14;/h4-6,8,10-11,13H,3,7,9,12H2,1-2H3,(H2,18,19,20);1H. The lowest BCUT2D eigenvalue weighted by Crippen LogP contribution is -2.38.